The molecule has 0 fully saturated rings. The molecular weight excluding hydrogens is 238 g/mol. The molecule has 0 saturated carbocycles. The molecule has 2 N–H and O–H groups in total. The van der Waals surface area contributed by atoms with Crippen molar-refractivity contribution in [2.75, 3.05) is 0 Å². The van der Waals surface area contributed by atoms with E-state index in [1.54, 1.807) is 24.3 Å². The quantitative estimate of drug-likeness (QED) is 0.623. The number of carbonyl (C=O) groups excluding carboxylic acids is 2. The van der Waals surface area contributed by atoms with E-state index in [9.17, 15) is 9.59 Å². The summed E-state index contributed by atoms with van der Waals surface area (Å²) in [5, 5.41) is 0. The first-order valence-corrected chi connectivity index (χ1v) is 5.93. The molecule has 92 valence electrons. The van der Waals surface area contributed by atoms with Gasteiger partial charge in [0.15, 0.2) is 0 Å². The minimum Gasteiger partial charge on any atom is -0.398 e. The zero-order chi connectivity index (χ0) is 13.4. The molecule has 0 radical (unpaired) electrons. The van der Waals surface area contributed by atoms with Crippen molar-refractivity contribution in [3.05, 3.63) is 71.3 Å². The summed E-state index contributed by atoms with van der Waals surface area (Å²) >= 11 is 0. The molecule has 0 aliphatic heterocycles. The van der Waals surface area contributed by atoms with Crippen LogP contribution in [0.3, 0.4) is 0 Å². The summed E-state index contributed by atoms with van der Waals surface area (Å²) in [4.78, 5) is 24.0. The van der Waals surface area contributed by atoms with Gasteiger partial charge in [-0.25, -0.2) is 0 Å². The van der Waals surface area contributed by atoms with E-state index in [0.29, 0.717) is 22.4 Å². The Bertz CT molecular complexity index is 715. The summed E-state index contributed by atoms with van der Waals surface area (Å²) in [5.74, 6) is -1.01. The molecule has 19 heavy (non-hydrogen) atoms. The van der Waals surface area contributed by atoms with Gasteiger partial charge < -0.3 is 5.73 Å². The third kappa shape index (κ3) is 1.67. The number of benzene rings is 2. The number of nitrogens with two attached hydrogens (primary N) is 1. The van der Waals surface area contributed by atoms with Gasteiger partial charge in [0, 0.05) is 5.56 Å². The smallest absolute Gasteiger partial charge is 0.236 e. The van der Waals surface area contributed by atoms with Gasteiger partial charge in [-0.1, -0.05) is 54.6 Å². The third-order valence-electron chi connectivity index (χ3n) is 3.23. The lowest BCUT2D eigenvalue weighted by Gasteiger charge is -2.06. The fourth-order valence-electron chi connectivity index (χ4n) is 2.29. The Morgan fingerprint density at radius 1 is 0.737 bits per heavy atom. The van der Waals surface area contributed by atoms with Crippen molar-refractivity contribution in [2.24, 2.45) is 5.73 Å². The van der Waals surface area contributed by atoms with Gasteiger partial charge in [0.25, 0.3) is 0 Å². The van der Waals surface area contributed by atoms with Crippen LogP contribution in [0.5, 0.6) is 0 Å². The average molecular weight is 249 g/mol. The Morgan fingerprint density at radius 3 is 2.00 bits per heavy atom. The first-order chi connectivity index (χ1) is 9.20. The topological polar surface area (TPSA) is 60.2 Å². The van der Waals surface area contributed by atoms with Crippen LogP contribution in [0, 0.1) is 0 Å². The molecule has 0 spiro atoms. The first-order valence-electron chi connectivity index (χ1n) is 5.93. The Hall–Kier alpha value is -2.68. The van der Waals surface area contributed by atoms with Crippen LogP contribution in [0.1, 0.15) is 21.5 Å². The van der Waals surface area contributed by atoms with Crippen LogP contribution in [0.15, 0.2) is 54.6 Å². The number of Topliss-reactive ketones (excluding diaryl/α,β-unsaturated/α-hetero) is 2. The number of hydrogen-bond acceptors (Lipinski definition) is 3. The van der Waals surface area contributed by atoms with Crippen molar-refractivity contribution in [3.8, 4) is 0 Å². The van der Waals surface area contributed by atoms with E-state index in [0.717, 1.165) is 5.56 Å². The van der Waals surface area contributed by atoms with Crippen molar-refractivity contribution < 1.29 is 9.59 Å². The maximum absolute atomic E-state index is 12.1. The molecule has 3 rings (SSSR count). The Kier molecular flexibility index (Phi) is 2.53. The van der Waals surface area contributed by atoms with E-state index < -0.39 is 11.6 Å². The van der Waals surface area contributed by atoms with Crippen molar-refractivity contribution in [1.82, 2.24) is 0 Å². The van der Waals surface area contributed by atoms with Crippen LogP contribution < -0.4 is 5.73 Å². The number of rotatable bonds is 1. The molecule has 2 aromatic carbocycles. The van der Waals surface area contributed by atoms with E-state index >= 15 is 0 Å². The normalized spacial score (nSPS) is 16.4. The zero-order valence-electron chi connectivity index (χ0n) is 10.1. The van der Waals surface area contributed by atoms with E-state index in [-0.39, 0.29) is 0 Å². The van der Waals surface area contributed by atoms with Crippen molar-refractivity contribution >= 4 is 22.8 Å². The summed E-state index contributed by atoms with van der Waals surface area (Å²) in [6, 6.07) is 16.1. The Morgan fingerprint density at radius 2 is 1.32 bits per heavy atom. The molecule has 0 unspecified atom stereocenters. The maximum Gasteiger partial charge on any atom is 0.236 e. The largest absolute Gasteiger partial charge is 0.398 e. The van der Waals surface area contributed by atoms with E-state index in [2.05, 4.69) is 0 Å². The van der Waals surface area contributed by atoms with E-state index in [1.165, 1.54) is 0 Å². The highest BCUT2D eigenvalue weighted by Gasteiger charge is 2.34. The molecule has 3 nitrogen and oxygen atoms in total. The summed E-state index contributed by atoms with van der Waals surface area (Å²) in [7, 11) is 0. The van der Waals surface area contributed by atoms with E-state index in [1.807, 2.05) is 30.3 Å². The van der Waals surface area contributed by atoms with Gasteiger partial charge in [-0.05, 0) is 11.1 Å². The standard InChI is InChI=1S/C16H11NO2/c17-14(10-6-2-1-3-7-10)13-11-8-4-5-9-12(11)15(18)16(13)19/h1-9H,17H2. The number of ketones is 2. The first kappa shape index (κ1) is 11.4. The zero-order valence-corrected chi connectivity index (χ0v) is 10.1. The highest BCUT2D eigenvalue weighted by molar-refractivity contribution is 6.64. The highest BCUT2D eigenvalue weighted by atomic mass is 16.2. The molecule has 3 heteroatoms. The average Bonchev–Trinajstić information content (AvgIpc) is 2.72. The van der Waals surface area contributed by atoms with Gasteiger partial charge >= 0.3 is 0 Å². The lowest BCUT2D eigenvalue weighted by molar-refractivity contribution is -0.109. The number of hydrogen-bond donors (Lipinski definition) is 1. The molecule has 0 heterocycles. The molecular formula is C16H11NO2. The van der Waals surface area contributed by atoms with Gasteiger partial charge in [-0.2, -0.15) is 0 Å². The van der Waals surface area contributed by atoms with Gasteiger partial charge in [-0.15, -0.1) is 0 Å². The summed E-state index contributed by atoms with van der Waals surface area (Å²) in [6.45, 7) is 0. The summed E-state index contributed by atoms with van der Waals surface area (Å²) < 4.78 is 0. The second-order valence-electron chi connectivity index (χ2n) is 4.36. The Balaban J connectivity index is 2.26. The summed E-state index contributed by atoms with van der Waals surface area (Å²) in [5.41, 5.74) is 8.54. The van der Waals surface area contributed by atoms with Crippen LogP contribution in [-0.2, 0) is 4.79 Å². The molecule has 0 atom stereocenters. The third-order valence-corrected chi connectivity index (χ3v) is 3.23. The van der Waals surface area contributed by atoms with Gasteiger partial charge in [0.1, 0.15) is 0 Å². The second-order valence-corrected chi connectivity index (χ2v) is 4.36. The van der Waals surface area contributed by atoms with Crippen molar-refractivity contribution in [3.63, 3.8) is 0 Å². The number of allylic oxidation sites excluding steroid dienone is 1. The molecule has 1 aliphatic rings. The second kappa shape index (κ2) is 4.21. The monoisotopic (exact) mass is 249 g/mol. The molecule has 0 bridgehead atoms. The minimum atomic E-state index is -0.525. The number of carbonyl (C=O) groups is 2. The number of fused-ring (bicyclic) bond motifs is 1. The van der Waals surface area contributed by atoms with Crippen LogP contribution in [-0.4, -0.2) is 11.6 Å². The predicted molar refractivity (Wildman–Crippen MR) is 73.2 cm³/mol. The fourth-order valence-corrected chi connectivity index (χ4v) is 2.29. The maximum atomic E-state index is 12.1. The van der Waals surface area contributed by atoms with Crippen LogP contribution in [0.25, 0.3) is 11.3 Å². The summed E-state index contributed by atoms with van der Waals surface area (Å²) in [6.07, 6.45) is 0. The molecule has 0 amide bonds. The van der Waals surface area contributed by atoms with Gasteiger partial charge in [0.05, 0.1) is 11.3 Å². The molecule has 0 aromatic heterocycles. The molecule has 2 aromatic rings. The fraction of sp³-hybridized carbons (Fsp3) is 0. The predicted octanol–water partition coefficient (Wildman–Crippen LogP) is 2.28. The minimum absolute atomic E-state index is 0.312. The molecule has 1 aliphatic carbocycles. The van der Waals surface area contributed by atoms with Crippen LogP contribution in [0.4, 0.5) is 0 Å². The Labute approximate surface area is 110 Å². The van der Waals surface area contributed by atoms with E-state index in [4.69, 9.17) is 5.73 Å². The van der Waals surface area contributed by atoms with Gasteiger partial charge in [-0.3, -0.25) is 9.59 Å². The lowest BCUT2D eigenvalue weighted by Crippen LogP contribution is -2.10. The lowest BCUT2D eigenvalue weighted by atomic mass is 10.0. The SMILES string of the molecule is NC(=C1C(=O)C(=O)c2ccccc21)c1ccccc1. The van der Waals surface area contributed by atoms with Crippen molar-refractivity contribution in [2.45, 2.75) is 0 Å². The molecule has 0 saturated heterocycles. The van der Waals surface area contributed by atoms with Crippen molar-refractivity contribution in [1.29, 1.82) is 0 Å². The van der Waals surface area contributed by atoms with Crippen LogP contribution >= 0.6 is 0 Å². The van der Waals surface area contributed by atoms with Crippen LogP contribution in [0.2, 0.25) is 0 Å². The highest BCUT2D eigenvalue weighted by Crippen LogP contribution is 2.33. The van der Waals surface area contributed by atoms with Gasteiger partial charge in [0.2, 0.25) is 11.6 Å².